The lowest BCUT2D eigenvalue weighted by atomic mass is 10.1. The van der Waals surface area contributed by atoms with E-state index in [1.165, 1.54) is 0 Å². The van der Waals surface area contributed by atoms with Crippen LogP contribution in [0.25, 0.3) is 0 Å². The Morgan fingerprint density at radius 3 is 2.79 bits per heavy atom. The minimum absolute atomic E-state index is 0.507. The van der Waals surface area contributed by atoms with Crippen molar-refractivity contribution >= 4 is 23.4 Å². The van der Waals surface area contributed by atoms with E-state index in [1.807, 2.05) is 12.3 Å². The molecule has 1 aliphatic heterocycles. The highest BCUT2D eigenvalue weighted by Crippen LogP contribution is 2.23. The summed E-state index contributed by atoms with van der Waals surface area (Å²) in [5, 5.41) is 4.08. The van der Waals surface area contributed by atoms with Crippen molar-refractivity contribution < 1.29 is 4.74 Å². The van der Waals surface area contributed by atoms with Crippen LogP contribution in [-0.2, 0) is 4.74 Å². The van der Waals surface area contributed by atoms with Crippen LogP contribution < -0.4 is 10.2 Å². The second kappa shape index (κ2) is 6.96. The molecule has 1 fully saturated rings. The highest BCUT2D eigenvalue weighted by atomic mass is 32.2. The zero-order valence-corrected chi connectivity index (χ0v) is 12.7. The van der Waals surface area contributed by atoms with E-state index < -0.39 is 0 Å². The predicted molar refractivity (Wildman–Crippen MR) is 80.2 cm³/mol. The van der Waals surface area contributed by atoms with Gasteiger partial charge in [-0.3, -0.25) is 0 Å². The fraction of sp³-hybridized carbons (Fsp3) is 0.692. The molecule has 106 valence electrons. The van der Waals surface area contributed by atoms with Crippen LogP contribution in [-0.4, -0.2) is 49.1 Å². The first-order valence-corrected chi connectivity index (χ1v) is 7.94. The summed E-state index contributed by atoms with van der Waals surface area (Å²) in [7, 11) is 2.11. The normalized spacial score (nSPS) is 16.4. The second-order valence-electron chi connectivity index (χ2n) is 4.58. The topological polar surface area (TPSA) is 50.3 Å². The number of aromatic nitrogens is 2. The van der Waals surface area contributed by atoms with Crippen molar-refractivity contribution in [2.45, 2.75) is 31.0 Å². The number of hydrogen-bond acceptors (Lipinski definition) is 6. The van der Waals surface area contributed by atoms with Gasteiger partial charge in [-0.2, -0.15) is 0 Å². The van der Waals surface area contributed by atoms with Gasteiger partial charge < -0.3 is 15.0 Å². The van der Waals surface area contributed by atoms with Gasteiger partial charge in [0, 0.05) is 38.9 Å². The molecule has 5 nitrogen and oxygen atoms in total. The average Bonchev–Trinajstić information content (AvgIpc) is 2.47. The second-order valence-corrected chi connectivity index (χ2v) is 5.36. The highest BCUT2D eigenvalue weighted by Gasteiger charge is 2.20. The molecule has 0 spiro atoms. The van der Waals surface area contributed by atoms with Gasteiger partial charge in [0.15, 0.2) is 5.16 Å². The van der Waals surface area contributed by atoms with Crippen LogP contribution >= 0.6 is 11.8 Å². The Balaban J connectivity index is 2.18. The summed E-state index contributed by atoms with van der Waals surface area (Å²) < 4.78 is 5.42. The molecule has 0 radical (unpaired) electrons. The zero-order chi connectivity index (χ0) is 13.7. The van der Waals surface area contributed by atoms with Crippen molar-refractivity contribution in [1.29, 1.82) is 0 Å². The molecule has 0 aliphatic carbocycles. The standard InChI is InChI=1S/C13H22N4OS/c1-4-14-11-9-12(16-13(15-11)19-3)17(2)10-5-7-18-8-6-10/h9-10H,4-8H2,1-3H3,(H,14,15,16). The zero-order valence-electron chi connectivity index (χ0n) is 11.8. The number of ether oxygens (including phenoxy) is 1. The molecule has 0 aromatic carbocycles. The Bertz CT molecular complexity index is 410. The first kappa shape index (κ1) is 14.4. The number of thioether (sulfide) groups is 1. The molecule has 2 heterocycles. The van der Waals surface area contributed by atoms with Gasteiger partial charge in [-0.25, -0.2) is 9.97 Å². The molecular weight excluding hydrogens is 260 g/mol. The Labute approximate surface area is 119 Å². The maximum absolute atomic E-state index is 5.42. The van der Waals surface area contributed by atoms with Gasteiger partial charge >= 0.3 is 0 Å². The summed E-state index contributed by atoms with van der Waals surface area (Å²) in [6, 6.07) is 2.53. The van der Waals surface area contributed by atoms with Gasteiger partial charge in [0.25, 0.3) is 0 Å². The fourth-order valence-electron chi connectivity index (χ4n) is 2.22. The molecule has 1 aliphatic rings. The van der Waals surface area contributed by atoms with Crippen LogP contribution in [0.5, 0.6) is 0 Å². The summed E-state index contributed by atoms with van der Waals surface area (Å²) >= 11 is 1.57. The molecule has 2 rings (SSSR count). The summed E-state index contributed by atoms with van der Waals surface area (Å²) in [5.74, 6) is 1.89. The number of rotatable bonds is 5. The van der Waals surface area contributed by atoms with Crippen molar-refractivity contribution in [3.8, 4) is 0 Å². The van der Waals surface area contributed by atoms with Gasteiger partial charge in [-0.15, -0.1) is 0 Å². The molecule has 0 unspecified atom stereocenters. The summed E-state index contributed by atoms with van der Waals surface area (Å²) in [5.41, 5.74) is 0. The SMILES string of the molecule is CCNc1cc(N(C)C2CCOCC2)nc(SC)n1. The van der Waals surface area contributed by atoms with Gasteiger partial charge in [-0.05, 0) is 26.0 Å². The Kier molecular flexibility index (Phi) is 5.27. The van der Waals surface area contributed by atoms with E-state index in [9.17, 15) is 0 Å². The summed E-state index contributed by atoms with van der Waals surface area (Å²) in [4.78, 5) is 11.3. The Hall–Kier alpha value is -1.01. The minimum Gasteiger partial charge on any atom is -0.381 e. The van der Waals surface area contributed by atoms with E-state index in [0.717, 1.165) is 49.4 Å². The fourth-order valence-corrected chi connectivity index (χ4v) is 2.59. The predicted octanol–water partition coefficient (Wildman–Crippen LogP) is 2.25. The first-order valence-electron chi connectivity index (χ1n) is 6.72. The Morgan fingerprint density at radius 2 is 2.16 bits per heavy atom. The molecule has 1 aromatic heterocycles. The molecule has 1 aromatic rings. The molecular formula is C13H22N4OS. The van der Waals surface area contributed by atoms with Gasteiger partial charge in [0.05, 0.1) is 0 Å². The van der Waals surface area contributed by atoms with E-state index in [0.29, 0.717) is 6.04 Å². The van der Waals surface area contributed by atoms with E-state index in [1.54, 1.807) is 11.8 Å². The molecule has 0 saturated carbocycles. The largest absolute Gasteiger partial charge is 0.381 e. The summed E-state index contributed by atoms with van der Waals surface area (Å²) in [6.07, 6.45) is 4.13. The van der Waals surface area contributed by atoms with Crippen molar-refractivity contribution in [3.05, 3.63) is 6.07 Å². The van der Waals surface area contributed by atoms with E-state index in [-0.39, 0.29) is 0 Å². The molecule has 6 heteroatoms. The van der Waals surface area contributed by atoms with Crippen LogP contribution in [0.4, 0.5) is 11.6 Å². The maximum Gasteiger partial charge on any atom is 0.191 e. The molecule has 1 saturated heterocycles. The molecule has 19 heavy (non-hydrogen) atoms. The van der Waals surface area contributed by atoms with Gasteiger partial charge in [0.2, 0.25) is 0 Å². The van der Waals surface area contributed by atoms with Gasteiger partial charge in [0.1, 0.15) is 11.6 Å². The van der Waals surface area contributed by atoms with Crippen LogP contribution in [0.15, 0.2) is 11.2 Å². The lowest BCUT2D eigenvalue weighted by molar-refractivity contribution is 0.0853. The lowest BCUT2D eigenvalue weighted by Crippen LogP contribution is -2.37. The molecule has 0 amide bonds. The van der Waals surface area contributed by atoms with Crippen LogP contribution in [0.2, 0.25) is 0 Å². The van der Waals surface area contributed by atoms with Crippen LogP contribution in [0.3, 0.4) is 0 Å². The maximum atomic E-state index is 5.42. The highest BCUT2D eigenvalue weighted by molar-refractivity contribution is 7.98. The monoisotopic (exact) mass is 282 g/mol. The third-order valence-corrected chi connectivity index (χ3v) is 3.88. The minimum atomic E-state index is 0.507. The van der Waals surface area contributed by atoms with Crippen molar-refractivity contribution in [2.75, 3.05) is 43.3 Å². The van der Waals surface area contributed by atoms with Gasteiger partial charge in [-0.1, -0.05) is 11.8 Å². The Morgan fingerprint density at radius 1 is 1.42 bits per heavy atom. The van der Waals surface area contributed by atoms with Crippen LogP contribution in [0.1, 0.15) is 19.8 Å². The van der Waals surface area contributed by atoms with E-state index in [2.05, 4.69) is 34.2 Å². The molecule has 1 N–H and O–H groups in total. The number of nitrogens with one attached hydrogen (secondary N) is 1. The number of hydrogen-bond donors (Lipinski definition) is 1. The summed E-state index contributed by atoms with van der Waals surface area (Å²) in [6.45, 7) is 4.62. The van der Waals surface area contributed by atoms with E-state index >= 15 is 0 Å². The smallest absolute Gasteiger partial charge is 0.191 e. The number of nitrogens with zero attached hydrogens (tertiary/aromatic N) is 3. The van der Waals surface area contributed by atoms with Crippen molar-refractivity contribution in [1.82, 2.24) is 9.97 Å². The molecule has 0 bridgehead atoms. The van der Waals surface area contributed by atoms with E-state index in [4.69, 9.17) is 4.74 Å². The third kappa shape index (κ3) is 3.73. The lowest BCUT2D eigenvalue weighted by Gasteiger charge is -2.32. The average molecular weight is 282 g/mol. The number of anilines is 2. The third-order valence-electron chi connectivity index (χ3n) is 3.33. The quantitative estimate of drug-likeness (QED) is 0.660. The molecule has 0 atom stereocenters. The first-order chi connectivity index (χ1) is 9.24. The van der Waals surface area contributed by atoms with Crippen molar-refractivity contribution in [3.63, 3.8) is 0 Å². The van der Waals surface area contributed by atoms with Crippen LogP contribution in [0, 0.1) is 0 Å². The van der Waals surface area contributed by atoms with Crippen molar-refractivity contribution in [2.24, 2.45) is 0 Å².